The number of imidazole rings is 1. The van der Waals surface area contributed by atoms with E-state index in [9.17, 15) is 4.79 Å². The largest absolute Gasteiger partial charge is 0.300 e. The highest BCUT2D eigenvalue weighted by atomic mass is 35.5. The zero-order chi connectivity index (χ0) is 17.6. The quantitative estimate of drug-likeness (QED) is 0.537. The number of rotatable bonds is 2. The van der Waals surface area contributed by atoms with Crippen molar-refractivity contribution in [3.8, 4) is 16.9 Å². The van der Waals surface area contributed by atoms with Gasteiger partial charge in [-0.15, -0.1) is 0 Å². The first-order valence-electron chi connectivity index (χ1n) is 7.97. The second kappa shape index (κ2) is 5.90. The van der Waals surface area contributed by atoms with Gasteiger partial charge in [0, 0.05) is 34.9 Å². The monoisotopic (exact) mass is 349 g/mol. The molecule has 0 amide bonds. The minimum Gasteiger partial charge on any atom is -0.300 e. The summed E-state index contributed by atoms with van der Waals surface area (Å²) < 4.78 is 3.38. The van der Waals surface area contributed by atoms with Crippen LogP contribution in [0.5, 0.6) is 0 Å². The summed E-state index contributed by atoms with van der Waals surface area (Å²) in [7, 11) is 0. The topological polar surface area (TPSA) is 39.3 Å². The summed E-state index contributed by atoms with van der Waals surface area (Å²) in [6, 6.07) is 13.4. The van der Waals surface area contributed by atoms with E-state index in [0.29, 0.717) is 10.7 Å². The van der Waals surface area contributed by atoms with Gasteiger partial charge in [0.05, 0.1) is 5.69 Å². The molecule has 0 saturated carbocycles. The van der Waals surface area contributed by atoms with E-state index in [-0.39, 0.29) is 5.56 Å². The van der Waals surface area contributed by atoms with Crippen LogP contribution in [0.4, 0.5) is 0 Å². The second-order valence-corrected chi connectivity index (χ2v) is 6.54. The molecule has 0 radical (unpaired) electrons. The molecule has 4 aromatic rings. The molecule has 2 aromatic carbocycles. The molecular weight excluding hydrogens is 334 g/mol. The first-order chi connectivity index (χ1) is 12.0. The summed E-state index contributed by atoms with van der Waals surface area (Å²) in [5.74, 6) is 0. The zero-order valence-corrected chi connectivity index (χ0v) is 14.7. The van der Waals surface area contributed by atoms with E-state index in [1.54, 1.807) is 15.2 Å². The Balaban J connectivity index is 1.86. The summed E-state index contributed by atoms with van der Waals surface area (Å²) in [6.45, 7) is 4.09. The highest BCUT2D eigenvalue weighted by molar-refractivity contribution is 6.30. The highest BCUT2D eigenvalue weighted by Gasteiger charge is 2.10. The Morgan fingerprint density at radius 3 is 2.44 bits per heavy atom. The van der Waals surface area contributed by atoms with Crippen LogP contribution in [-0.4, -0.2) is 14.0 Å². The van der Waals surface area contributed by atoms with Crippen molar-refractivity contribution in [2.24, 2.45) is 0 Å². The van der Waals surface area contributed by atoms with Gasteiger partial charge in [-0.05, 0) is 49.2 Å². The minimum absolute atomic E-state index is 0.147. The molecule has 0 aliphatic heterocycles. The van der Waals surface area contributed by atoms with E-state index >= 15 is 0 Å². The molecule has 124 valence electrons. The van der Waals surface area contributed by atoms with Crippen molar-refractivity contribution < 1.29 is 0 Å². The first kappa shape index (κ1) is 15.7. The lowest BCUT2D eigenvalue weighted by molar-refractivity contribution is 0.947. The minimum atomic E-state index is -0.147. The van der Waals surface area contributed by atoms with Crippen LogP contribution in [0.25, 0.3) is 22.6 Å². The first-order valence-corrected chi connectivity index (χ1v) is 8.35. The van der Waals surface area contributed by atoms with Crippen molar-refractivity contribution >= 4 is 17.2 Å². The molecule has 25 heavy (non-hydrogen) atoms. The molecule has 5 heteroatoms. The summed E-state index contributed by atoms with van der Waals surface area (Å²) in [6.07, 6.45) is 5.47. The smallest absolute Gasteiger partial charge is 0.298 e. The molecule has 0 aliphatic carbocycles. The molecule has 0 atom stereocenters. The van der Waals surface area contributed by atoms with Gasteiger partial charge in [-0.3, -0.25) is 9.36 Å². The third-order valence-electron chi connectivity index (χ3n) is 4.43. The van der Waals surface area contributed by atoms with E-state index < -0.39 is 0 Å². The van der Waals surface area contributed by atoms with Crippen molar-refractivity contribution in [3.05, 3.63) is 87.6 Å². The maximum absolute atomic E-state index is 12.9. The van der Waals surface area contributed by atoms with Crippen molar-refractivity contribution in [3.63, 3.8) is 0 Å². The maximum atomic E-state index is 12.9. The van der Waals surface area contributed by atoms with Crippen LogP contribution in [0, 0.1) is 13.8 Å². The highest BCUT2D eigenvalue weighted by Crippen LogP contribution is 2.21. The maximum Gasteiger partial charge on any atom is 0.298 e. The van der Waals surface area contributed by atoms with E-state index in [0.717, 1.165) is 22.5 Å². The molecule has 0 fully saturated rings. The Hall–Kier alpha value is -2.85. The van der Waals surface area contributed by atoms with Crippen LogP contribution >= 0.6 is 11.6 Å². The molecule has 2 aromatic heterocycles. The van der Waals surface area contributed by atoms with Gasteiger partial charge >= 0.3 is 0 Å². The Bertz CT molecular complexity index is 1140. The number of aromatic nitrogens is 3. The Morgan fingerprint density at radius 1 is 0.960 bits per heavy atom. The molecular formula is C20H16ClN3O. The summed E-state index contributed by atoms with van der Waals surface area (Å²) >= 11 is 5.94. The van der Waals surface area contributed by atoms with Crippen LogP contribution in [0.1, 0.15) is 11.1 Å². The van der Waals surface area contributed by atoms with Crippen molar-refractivity contribution in [1.82, 2.24) is 14.0 Å². The number of hydrogen-bond acceptors (Lipinski definition) is 2. The fourth-order valence-electron chi connectivity index (χ4n) is 2.82. The van der Waals surface area contributed by atoms with Crippen molar-refractivity contribution in [2.45, 2.75) is 13.8 Å². The number of benzene rings is 2. The molecule has 4 rings (SSSR count). The van der Waals surface area contributed by atoms with Crippen LogP contribution in [0.3, 0.4) is 0 Å². The van der Waals surface area contributed by atoms with Gasteiger partial charge in [0.2, 0.25) is 5.65 Å². The molecule has 4 nitrogen and oxygen atoms in total. The molecule has 0 saturated heterocycles. The Morgan fingerprint density at radius 2 is 1.72 bits per heavy atom. The fourth-order valence-corrected chi connectivity index (χ4v) is 2.94. The summed E-state index contributed by atoms with van der Waals surface area (Å²) in [4.78, 5) is 17.4. The molecule has 0 unspecified atom stereocenters. The van der Waals surface area contributed by atoms with Gasteiger partial charge in [0.15, 0.2) is 0 Å². The zero-order valence-electron chi connectivity index (χ0n) is 13.9. The van der Waals surface area contributed by atoms with E-state index in [2.05, 4.69) is 11.9 Å². The molecule has 2 heterocycles. The summed E-state index contributed by atoms with van der Waals surface area (Å²) in [5, 5.41) is 0.671. The molecule has 0 N–H and O–H groups in total. The number of hydrogen-bond donors (Lipinski definition) is 0. The van der Waals surface area contributed by atoms with Gasteiger partial charge in [-0.2, -0.15) is 0 Å². The van der Waals surface area contributed by atoms with E-state index in [4.69, 9.17) is 11.6 Å². The summed E-state index contributed by atoms with van der Waals surface area (Å²) in [5.41, 5.74) is 5.10. The number of halogens is 1. The number of aryl methyl sites for hydroxylation is 2. The van der Waals surface area contributed by atoms with Crippen molar-refractivity contribution in [1.29, 1.82) is 0 Å². The number of nitrogens with zero attached hydrogens (tertiary/aromatic N) is 3. The van der Waals surface area contributed by atoms with Gasteiger partial charge in [-0.1, -0.05) is 29.8 Å². The van der Waals surface area contributed by atoms with Crippen LogP contribution in [0.15, 0.2) is 65.8 Å². The predicted octanol–water partition coefficient (Wildman–Crippen LogP) is 4.42. The van der Waals surface area contributed by atoms with E-state index in [1.165, 1.54) is 5.56 Å². The van der Waals surface area contributed by atoms with Gasteiger partial charge in [0.1, 0.15) is 0 Å². The Labute approximate surface area is 150 Å². The SMILES string of the molecule is Cc1ccc(-n2ccn3cc(-c4ccc(Cl)cc4)nc3c2=O)cc1C. The predicted molar refractivity (Wildman–Crippen MR) is 101 cm³/mol. The average molecular weight is 350 g/mol. The average Bonchev–Trinajstić information content (AvgIpc) is 3.04. The molecule has 0 aliphatic rings. The lowest BCUT2D eigenvalue weighted by Gasteiger charge is -2.08. The van der Waals surface area contributed by atoms with Crippen LogP contribution in [-0.2, 0) is 0 Å². The number of fused-ring (bicyclic) bond motifs is 1. The third-order valence-corrected chi connectivity index (χ3v) is 4.68. The van der Waals surface area contributed by atoms with E-state index in [1.807, 2.05) is 61.8 Å². The third kappa shape index (κ3) is 2.75. The molecule has 0 spiro atoms. The van der Waals surface area contributed by atoms with Gasteiger partial charge in [0.25, 0.3) is 5.56 Å². The normalized spacial score (nSPS) is 11.2. The standard InChI is InChI=1S/C20H16ClN3O/c1-13-3-8-17(11-14(13)2)24-10-9-23-12-18(22-19(23)20(24)25)15-4-6-16(21)7-5-15/h3-12H,1-2H3. The molecule has 0 bridgehead atoms. The lowest BCUT2D eigenvalue weighted by Crippen LogP contribution is -2.20. The second-order valence-electron chi connectivity index (χ2n) is 6.11. The van der Waals surface area contributed by atoms with Gasteiger partial charge < -0.3 is 4.40 Å². The Kier molecular flexibility index (Phi) is 3.70. The van der Waals surface area contributed by atoms with Crippen LogP contribution in [0.2, 0.25) is 5.02 Å². The van der Waals surface area contributed by atoms with Gasteiger partial charge in [-0.25, -0.2) is 4.98 Å². The fraction of sp³-hybridized carbons (Fsp3) is 0.100. The van der Waals surface area contributed by atoms with Crippen LogP contribution < -0.4 is 5.56 Å². The lowest BCUT2D eigenvalue weighted by atomic mass is 10.1. The van der Waals surface area contributed by atoms with Crippen molar-refractivity contribution in [2.75, 3.05) is 0 Å².